The molecule has 1 aromatic carbocycles. The number of halogens is 3. The van der Waals surface area contributed by atoms with Crippen molar-refractivity contribution in [2.24, 2.45) is 0 Å². The quantitative estimate of drug-likeness (QED) is 0.847. The van der Waals surface area contributed by atoms with E-state index in [1.54, 1.807) is 0 Å². The minimum atomic E-state index is 0. The number of nitrogens with zero attached hydrogens (tertiary/aromatic N) is 2. The van der Waals surface area contributed by atoms with Gasteiger partial charge in [-0.05, 0) is 38.1 Å². The summed E-state index contributed by atoms with van der Waals surface area (Å²) < 4.78 is 0. The predicted octanol–water partition coefficient (Wildman–Crippen LogP) is 3.06. The summed E-state index contributed by atoms with van der Waals surface area (Å²) in [7, 11) is 0. The van der Waals surface area contributed by atoms with Crippen LogP contribution in [0.1, 0.15) is 13.8 Å². The maximum absolute atomic E-state index is 5.69. The van der Waals surface area contributed by atoms with Gasteiger partial charge in [0.1, 0.15) is 0 Å². The van der Waals surface area contributed by atoms with Crippen LogP contribution in [0.2, 0.25) is 0 Å². The molecule has 1 aliphatic rings. The highest BCUT2D eigenvalue weighted by molar-refractivity contribution is 5.86. The van der Waals surface area contributed by atoms with Crippen LogP contribution >= 0.6 is 37.2 Å². The molecule has 1 aromatic rings. The molecule has 1 fully saturated rings. The third-order valence-corrected chi connectivity index (χ3v) is 3.30. The SMILES string of the molecule is CC(C)N1CCN(c2ccc(N)cc2)CC1.Cl.Cl.Cl. The first-order valence-corrected chi connectivity index (χ1v) is 6.01. The molecule has 112 valence electrons. The van der Waals surface area contributed by atoms with Gasteiger partial charge in [-0.15, -0.1) is 37.2 Å². The number of hydrogen-bond acceptors (Lipinski definition) is 3. The van der Waals surface area contributed by atoms with E-state index < -0.39 is 0 Å². The Bertz CT molecular complexity index is 335. The van der Waals surface area contributed by atoms with E-state index in [-0.39, 0.29) is 37.2 Å². The standard InChI is InChI=1S/C13H21N3.3ClH/c1-11(2)15-7-9-16(10-8-15)13-5-3-12(14)4-6-13;;;/h3-6,11H,7-10,14H2,1-2H3;3*1H. The lowest BCUT2D eigenvalue weighted by atomic mass is 10.2. The molecule has 0 spiro atoms. The van der Waals surface area contributed by atoms with Gasteiger partial charge in [-0.25, -0.2) is 0 Å². The lowest BCUT2D eigenvalue weighted by Crippen LogP contribution is -2.48. The van der Waals surface area contributed by atoms with E-state index >= 15 is 0 Å². The summed E-state index contributed by atoms with van der Waals surface area (Å²) in [4.78, 5) is 4.95. The molecule has 1 heterocycles. The summed E-state index contributed by atoms with van der Waals surface area (Å²) in [5.74, 6) is 0. The van der Waals surface area contributed by atoms with E-state index in [2.05, 4.69) is 35.8 Å². The van der Waals surface area contributed by atoms with Crippen molar-refractivity contribution in [3.63, 3.8) is 0 Å². The monoisotopic (exact) mass is 327 g/mol. The second-order valence-electron chi connectivity index (χ2n) is 4.71. The molecule has 2 rings (SSSR count). The zero-order valence-corrected chi connectivity index (χ0v) is 13.9. The van der Waals surface area contributed by atoms with Crippen LogP contribution in [0.5, 0.6) is 0 Å². The van der Waals surface area contributed by atoms with Crippen molar-refractivity contribution in [1.29, 1.82) is 0 Å². The van der Waals surface area contributed by atoms with Crippen molar-refractivity contribution in [1.82, 2.24) is 4.90 Å². The Balaban J connectivity index is 0. The van der Waals surface area contributed by atoms with Gasteiger partial charge in [-0.2, -0.15) is 0 Å². The molecule has 3 nitrogen and oxygen atoms in total. The molecule has 0 atom stereocenters. The Morgan fingerprint density at radius 2 is 1.37 bits per heavy atom. The molecule has 6 heteroatoms. The Labute approximate surface area is 134 Å². The summed E-state index contributed by atoms with van der Waals surface area (Å²) in [5.41, 5.74) is 7.82. The fraction of sp³-hybridized carbons (Fsp3) is 0.538. The van der Waals surface area contributed by atoms with Gasteiger partial charge in [0.25, 0.3) is 0 Å². The summed E-state index contributed by atoms with van der Waals surface area (Å²) in [6.45, 7) is 9.06. The molecule has 0 bridgehead atoms. The lowest BCUT2D eigenvalue weighted by molar-refractivity contribution is 0.209. The first-order valence-electron chi connectivity index (χ1n) is 6.01. The molecule has 0 aliphatic carbocycles. The molecule has 0 unspecified atom stereocenters. The fourth-order valence-corrected chi connectivity index (χ4v) is 2.18. The van der Waals surface area contributed by atoms with Crippen LogP contribution in [0.4, 0.5) is 11.4 Å². The summed E-state index contributed by atoms with van der Waals surface area (Å²) in [6.07, 6.45) is 0. The Hall–Kier alpha value is -0.350. The van der Waals surface area contributed by atoms with Gasteiger partial charge in [0.2, 0.25) is 0 Å². The first-order chi connectivity index (χ1) is 7.66. The molecule has 19 heavy (non-hydrogen) atoms. The van der Waals surface area contributed by atoms with Crippen molar-refractivity contribution in [2.75, 3.05) is 36.8 Å². The maximum Gasteiger partial charge on any atom is 0.0368 e. The zero-order chi connectivity index (χ0) is 11.5. The normalized spacial score (nSPS) is 15.2. The molecule has 0 saturated carbocycles. The first kappa shape index (κ1) is 21.0. The summed E-state index contributed by atoms with van der Waals surface area (Å²) in [6, 6.07) is 8.84. The number of anilines is 2. The van der Waals surface area contributed by atoms with Gasteiger partial charge in [0.05, 0.1) is 0 Å². The number of nitrogens with two attached hydrogens (primary N) is 1. The molecule has 0 radical (unpaired) electrons. The molecule has 0 amide bonds. The lowest BCUT2D eigenvalue weighted by Gasteiger charge is -2.38. The van der Waals surface area contributed by atoms with Crippen molar-refractivity contribution in [2.45, 2.75) is 19.9 Å². The van der Waals surface area contributed by atoms with Gasteiger partial charge >= 0.3 is 0 Å². The molecular formula is C13H24Cl3N3. The number of benzene rings is 1. The smallest absolute Gasteiger partial charge is 0.0368 e. The van der Waals surface area contributed by atoms with Crippen LogP contribution in [0.3, 0.4) is 0 Å². The van der Waals surface area contributed by atoms with Crippen molar-refractivity contribution < 1.29 is 0 Å². The van der Waals surface area contributed by atoms with Gasteiger partial charge in [-0.1, -0.05) is 0 Å². The van der Waals surface area contributed by atoms with Crippen molar-refractivity contribution in [3.05, 3.63) is 24.3 Å². The molecule has 1 aliphatic heterocycles. The number of rotatable bonds is 2. The average molecular weight is 329 g/mol. The number of hydrogen-bond donors (Lipinski definition) is 1. The highest BCUT2D eigenvalue weighted by atomic mass is 35.5. The second kappa shape index (κ2) is 9.54. The summed E-state index contributed by atoms with van der Waals surface area (Å²) >= 11 is 0. The van der Waals surface area contributed by atoms with E-state index in [0.29, 0.717) is 6.04 Å². The van der Waals surface area contributed by atoms with E-state index in [9.17, 15) is 0 Å². The van der Waals surface area contributed by atoms with Gasteiger partial charge in [0.15, 0.2) is 0 Å². The minimum Gasteiger partial charge on any atom is -0.399 e. The van der Waals surface area contributed by atoms with Crippen LogP contribution in [0.25, 0.3) is 0 Å². The highest BCUT2D eigenvalue weighted by Gasteiger charge is 2.18. The van der Waals surface area contributed by atoms with Gasteiger partial charge in [0, 0.05) is 43.6 Å². The molecular weight excluding hydrogens is 305 g/mol. The third kappa shape index (κ3) is 5.65. The van der Waals surface area contributed by atoms with Crippen LogP contribution < -0.4 is 10.6 Å². The molecule has 2 N–H and O–H groups in total. The van der Waals surface area contributed by atoms with E-state index in [4.69, 9.17) is 5.73 Å². The van der Waals surface area contributed by atoms with Crippen LogP contribution in [0.15, 0.2) is 24.3 Å². The second-order valence-corrected chi connectivity index (χ2v) is 4.71. The van der Waals surface area contributed by atoms with Crippen LogP contribution in [-0.2, 0) is 0 Å². The molecule has 0 aromatic heterocycles. The third-order valence-electron chi connectivity index (χ3n) is 3.30. The van der Waals surface area contributed by atoms with Crippen LogP contribution in [-0.4, -0.2) is 37.1 Å². The fourth-order valence-electron chi connectivity index (χ4n) is 2.18. The van der Waals surface area contributed by atoms with Crippen molar-refractivity contribution >= 4 is 48.6 Å². The van der Waals surface area contributed by atoms with E-state index in [1.807, 2.05) is 12.1 Å². The Morgan fingerprint density at radius 3 is 1.79 bits per heavy atom. The largest absolute Gasteiger partial charge is 0.399 e. The van der Waals surface area contributed by atoms with Crippen molar-refractivity contribution in [3.8, 4) is 0 Å². The topological polar surface area (TPSA) is 32.5 Å². The molecule has 1 saturated heterocycles. The van der Waals surface area contributed by atoms with E-state index in [0.717, 1.165) is 31.9 Å². The number of nitrogen functional groups attached to an aromatic ring is 1. The predicted molar refractivity (Wildman–Crippen MR) is 91.5 cm³/mol. The maximum atomic E-state index is 5.69. The minimum absolute atomic E-state index is 0. The van der Waals surface area contributed by atoms with E-state index in [1.165, 1.54) is 5.69 Å². The average Bonchev–Trinajstić information content (AvgIpc) is 2.30. The number of piperazine rings is 1. The van der Waals surface area contributed by atoms with Crippen LogP contribution in [0, 0.1) is 0 Å². The Kier molecular flexibility index (Phi) is 10.5. The highest BCUT2D eigenvalue weighted by Crippen LogP contribution is 2.18. The summed E-state index contributed by atoms with van der Waals surface area (Å²) in [5, 5.41) is 0. The zero-order valence-electron chi connectivity index (χ0n) is 11.4. The van der Waals surface area contributed by atoms with Gasteiger partial charge < -0.3 is 10.6 Å². The van der Waals surface area contributed by atoms with Gasteiger partial charge in [-0.3, -0.25) is 4.90 Å². The Morgan fingerprint density at radius 1 is 0.895 bits per heavy atom.